The molecule has 5 nitrogen and oxygen atoms in total. The Kier molecular flexibility index (Phi) is 2.78. The van der Waals surface area contributed by atoms with Gasteiger partial charge >= 0.3 is 0 Å². The van der Waals surface area contributed by atoms with Gasteiger partial charge in [-0.25, -0.2) is 0 Å². The van der Waals surface area contributed by atoms with Gasteiger partial charge < -0.3 is 16.5 Å². The topological polar surface area (TPSA) is 109 Å². The van der Waals surface area contributed by atoms with E-state index >= 15 is 0 Å². The third-order valence-corrected chi connectivity index (χ3v) is 2.70. The lowest BCUT2D eigenvalue weighted by atomic mass is 10.1. The third kappa shape index (κ3) is 1.80. The number of primary amides is 1. The van der Waals surface area contributed by atoms with Crippen LogP contribution < -0.4 is 11.5 Å². The van der Waals surface area contributed by atoms with Crippen LogP contribution in [0, 0.1) is 18.3 Å². The fourth-order valence-corrected chi connectivity index (χ4v) is 1.84. The second-order valence-electron chi connectivity index (χ2n) is 4.01. The average Bonchev–Trinajstić information content (AvgIpc) is 2.66. The molecular weight excluding hydrogens is 228 g/mol. The smallest absolute Gasteiger partial charge is 0.267 e. The molecule has 0 bridgehead atoms. The minimum Gasteiger partial charge on any atom is -0.396 e. The molecule has 0 atom stereocenters. The van der Waals surface area contributed by atoms with Gasteiger partial charge in [0.25, 0.3) is 5.91 Å². The van der Waals surface area contributed by atoms with Gasteiger partial charge in [-0.05, 0) is 18.6 Å². The van der Waals surface area contributed by atoms with Gasteiger partial charge in [-0.2, -0.15) is 5.26 Å². The standard InChI is InChI=1S/C13H12N4O/c1-7-3-2-4-8(5-7)11-9(6-14)10(15)12(17-11)13(16)18/h2-5,17H,15H2,1H3,(H2,16,18). The van der Waals surface area contributed by atoms with Crippen LogP contribution in [0.2, 0.25) is 0 Å². The summed E-state index contributed by atoms with van der Waals surface area (Å²) in [6.07, 6.45) is 0. The predicted molar refractivity (Wildman–Crippen MR) is 68.6 cm³/mol. The molecule has 90 valence electrons. The maximum absolute atomic E-state index is 11.2. The van der Waals surface area contributed by atoms with Crippen molar-refractivity contribution < 1.29 is 4.79 Å². The van der Waals surface area contributed by atoms with Gasteiger partial charge in [0, 0.05) is 0 Å². The molecule has 1 heterocycles. The summed E-state index contributed by atoms with van der Waals surface area (Å²) in [6, 6.07) is 9.54. The van der Waals surface area contributed by atoms with Gasteiger partial charge in [0.15, 0.2) is 0 Å². The molecule has 0 fully saturated rings. The van der Waals surface area contributed by atoms with Crippen LogP contribution in [0.4, 0.5) is 5.69 Å². The molecule has 0 aliphatic carbocycles. The van der Waals surface area contributed by atoms with Crippen molar-refractivity contribution in [3.8, 4) is 17.3 Å². The minimum atomic E-state index is -0.678. The number of hydrogen-bond donors (Lipinski definition) is 3. The number of H-pyrrole nitrogens is 1. The van der Waals surface area contributed by atoms with E-state index in [9.17, 15) is 4.79 Å². The molecule has 0 aliphatic rings. The van der Waals surface area contributed by atoms with Gasteiger partial charge in [0.2, 0.25) is 0 Å². The monoisotopic (exact) mass is 240 g/mol. The van der Waals surface area contributed by atoms with Crippen molar-refractivity contribution in [3.63, 3.8) is 0 Å². The number of aryl methyl sites for hydroxylation is 1. The van der Waals surface area contributed by atoms with Crippen LogP contribution in [0.1, 0.15) is 21.6 Å². The van der Waals surface area contributed by atoms with Crippen LogP contribution in [-0.4, -0.2) is 10.9 Å². The zero-order chi connectivity index (χ0) is 13.3. The first-order valence-corrected chi connectivity index (χ1v) is 5.33. The summed E-state index contributed by atoms with van der Waals surface area (Å²) >= 11 is 0. The number of nitrogens with one attached hydrogen (secondary N) is 1. The van der Waals surface area contributed by atoms with Crippen LogP contribution in [0.15, 0.2) is 24.3 Å². The number of rotatable bonds is 2. The van der Waals surface area contributed by atoms with E-state index in [1.54, 1.807) is 0 Å². The van der Waals surface area contributed by atoms with Gasteiger partial charge in [-0.15, -0.1) is 0 Å². The first kappa shape index (κ1) is 11.7. The number of aromatic amines is 1. The highest BCUT2D eigenvalue weighted by atomic mass is 16.1. The Balaban J connectivity index is 2.69. The van der Waals surface area contributed by atoms with Crippen LogP contribution in [0.25, 0.3) is 11.3 Å². The first-order chi connectivity index (χ1) is 8.54. The molecule has 0 radical (unpaired) electrons. The fourth-order valence-electron chi connectivity index (χ4n) is 1.84. The summed E-state index contributed by atoms with van der Waals surface area (Å²) in [5.41, 5.74) is 13.7. The largest absolute Gasteiger partial charge is 0.396 e. The number of aromatic nitrogens is 1. The second kappa shape index (κ2) is 4.26. The van der Waals surface area contributed by atoms with Crippen molar-refractivity contribution in [1.82, 2.24) is 4.98 Å². The van der Waals surface area contributed by atoms with E-state index in [-0.39, 0.29) is 16.9 Å². The average molecular weight is 240 g/mol. The zero-order valence-electron chi connectivity index (χ0n) is 9.82. The minimum absolute atomic E-state index is 0.0723. The van der Waals surface area contributed by atoms with Gasteiger partial charge in [-0.1, -0.05) is 23.8 Å². The van der Waals surface area contributed by atoms with Gasteiger partial charge in [0.1, 0.15) is 17.3 Å². The fraction of sp³-hybridized carbons (Fsp3) is 0.0769. The molecule has 0 aliphatic heterocycles. The number of benzene rings is 1. The van der Waals surface area contributed by atoms with Gasteiger partial charge in [0.05, 0.1) is 11.4 Å². The SMILES string of the molecule is Cc1cccc(-c2[nH]c(C(N)=O)c(N)c2C#N)c1. The van der Waals surface area contributed by atoms with Crippen molar-refractivity contribution >= 4 is 11.6 Å². The Hall–Kier alpha value is -2.74. The van der Waals surface area contributed by atoms with E-state index in [2.05, 4.69) is 4.98 Å². The molecule has 1 aromatic heterocycles. The quantitative estimate of drug-likeness (QED) is 0.740. The first-order valence-electron chi connectivity index (χ1n) is 5.33. The van der Waals surface area contributed by atoms with E-state index in [0.29, 0.717) is 5.69 Å². The number of carbonyl (C=O) groups is 1. The normalized spacial score (nSPS) is 10.0. The molecule has 0 spiro atoms. The molecule has 18 heavy (non-hydrogen) atoms. The van der Waals surface area contributed by atoms with Crippen molar-refractivity contribution in [2.45, 2.75) is 6.92 Å². The second-order valence-corrected chi connectivity index (χ2v) is 4.01. The maximum atomic E-state index is 11.2. The highest BCUT2D eigenvalue weighted by Gasteiger charge is 2.19. The van der Waals surface area contributed by atoms with Crippen molar-refractivity contribution in [3.05, 3.63) is 41.1 Å². The summed E-state index contributed by atoms with van der Waals surface area (Å²) in [6.45, 7) is 1.94. The maximum Gasteiger partial charge on any atom is 0.267 e. The number of amides is 1. The summed E-state index contributed by atoms with van der Waals surface area (Å²) in [5.74, 6) is -0.678. The van der Waals surface area contributed by atoms with E-state index in [4.69, 9.17) is 16.7 Å². The van der Waals surface area contributed by atoms with Crippen molar-refractivity contribution in [2.24, 2.45) is 5.73 Å². The molecule has 5 heteroatoms. The van der Waals surface area contributed by atoms with E-state index in [1.165, 1.54) is 0 Å². The number of anilines is 1. The van der Waals surface area contributed by atoms with E-state index < -0.39 is 5.91 Å². The Morgan fingerprint density at radius 3 is 2.72 bits per heavy atom. The number of nitrogens with two attached hydrogens (primary N) is 2. The molecule has 0 saturated carbocycles. The number of carbonyl (C=O) groups excluding carboxylic acids is 1. The highest BCUT2D eigenvalue weighted by molar-refractivity contribution is 5.99. The molecule has 0 unspecified atom stereocenters. The molecule has 5 N–H and O–H groups in total. The Labute approximate surface area is 104 Å². The van der Waals surface area contributed by atoms with Gasteiger partial charge in [-0.3, -0.25) is 4.79 Å². The lowest BCUT2D eigenvalue weighted by Crippen LogP contribution is -2.13. The number of nitrogens with zero attached hydrogens (tertiary/aromatic N) is 1. The molecular formula is C13H12N4O. The summed E-state index contributed by atoms with van der Waals surface area (Å²) in [4.78, 5) is 14.0. The molecule has 1 amide bonds. The Morgan fingerprint density at radius 2 is 2.17 bits per heavy atom. The molecule has 2 aromatic rings. The molecule has 2 rings (SSSR count). The number of nitriles is 1. The third-order valence-electron chi connectivity index (χ3n) is 2.70. The molecule has 1 aromatic carbocycles. The summed E-state index contributed by atoms with van der Waals surface area (Å²) in [7, 11) is 0. The lowest BCUT2D eigenvalue weighted by Gasteiger charge is -2.00. The number of nitrogen functional groups attached to an aromatic ring is 1. The summed E-state index contributed by atoms with van der Waals surface area (Å²) < 4.78 is 0. The van der Waals surface area contributed by atoms with E-state index in [1.807, 2.05) is 37.3 Å². The lowest BCUT2D eigenvalue weighted by molar-refractivity contribution is 0.0997. The van der Waals surface area contributed by atoms with Crippen LogP contribution >= 0.6 is 0 Å². The Morgan fingerprint density at radius 1 is 1.44 bits per heavy atom. The summed E-state index contributed by atoms with van der Waals surface area (Å²) in [5, 5.41) is 9.12. The van der Waals surface area contributed by atoms with Crippen molar-refractivity contribution in [2.75, 3.05) is 5.73 Å². The van der Waals surface area contributed by atoms with Crippen molar-refractivity contribution in [1.29, 1.82) is 5.26 Å². The molecule has 0 saturated heterocycles. The zero-order valence-corrected chi connectivity index (χ0v) is 9.82. The highest BCUT2D eigenvalue weighted by Crippen LogP contribution is 2.29. The van der Waals surface area contributed by atoms with Crippen LogP contribution in [-0.2, 0) is 0 Å². The Bertz CT molecular complexity index is 664. The van der Waals surface area contributed by atoms with E-state index in [0.717, 1.165) is 11.1 Å². The number of hydrogen-bond acceptors (Lipinski definition) is 3. The predicted octanol–water partition coefficient (Wildman–Crippen LogP) is 1.54. The van der Waals surface area contributed by atoms with Crippen LogP contribution in [0.3, 0.4) is 0 Å². The van der Waals surface area contributed by atoms with Crippen LogP contribution in [0.5, 0.6) is 0 Å².